The summed E-state index contributed by atoms with van der Waals surface area (Å²) in [5, 5.41) is 13.0. The molecule has 0 unspecified atom stereocenters. The lowest BCUT2D eigenvalue weighted by Crippen LogP contribution is -2.27. The van der Waals surface area contributed by atoms with Gasteiger partial charge < -0.3 is 14.8 Å². The zero-order chi connectivity index (χ0) is 14.8. The van der Waals surface area contributed by atoms with Crippen molar-refractivity contribution in [2.45, 2.75) is 6.61 Å². The molecule has 20 heavy (non-hydrogen) atoms. The van der Waals surface area contributed by atoms with Crippen LogP contribution in [0.15, 0.2) is 36.9 Å². The summed E-state index contributed by atoms with van der Waals surface area (Å²) in [6.45, 7) is 5.53. The van der Waals surface area contributed by atoms with Crippen LogP contribution in [0.2, 0.25) is 0 Å². The van der Waals surface area contributed by atoms with E-state index in [-0.39, 0.29) is 12.3 Å². The van der Waals surface area contributed by atoms with E-state index in [1.165, 1.54) is 36.9 Å². The summed E-state index contributed by atoms with van der Waals surface area (Å²) in [5.41, 5.74) is 0.663. The summed E-state index contributed by atoms with van der Waals surface area (Å²) in [5.74, 6) is 0. The topological polar surface area (TPSA) is 90.7 Å². The third-order valence-corrected chi connectivity index (χ3v) is 2.20. The van der Waals surface area contributed by atoms with Crippen LogP contribution >= 0.6 is 0 Å². The molecule has 107 valence electrons. The molecule has 1 aromatic rings. The number of carbonyl (C=O) groups is 1. The third kappa shape index (κ3) is 5.96. The lowest BCUT2D eigenvalue weighted by atomic mass is 10.2. The highest BCUT2D eigenvalue weighted by molar-refractivity contribution is 5.67. The van der Waals surface area contributed by atoms with Gasteiger partial charge in [0.15, 0.2) is 0 Å². The molecular weight excluding hydrogens is 264 g/mol. The summed E-state index contributed by atoms with van der Waals surface area (Å²) >= 11 is 0. The number of rotatable bonds is 8. The minimum Gasteiger partial charge on any atom is -0.445 e. The van der Waals surface area contributed by atoms with Gasteiger partial charge >= 0.3 is 6.09 Å². The Morgan fingerprint density at radius 2 is 2.10 bits per heavy atom. The molecule has 0 aliphatic heterocycles. The van der Waals surface area contributed by atoms with E-state index >= 15 is 0 Å². The molecule has 1 amide bonds. The van der Waals surface area contributed by atoms with Crippen LogP contribution in [-0.4, -0.2) is 24.2 Å². The van der Waals surface area contributed by atoms with Crippen LogP contribution in [0.5, 0.6) is 0 Å². The van der Waals surface area contributed by atoms with Crippen molar-refractivity contribution < 1.29 is 19.2 Å². The van der Waals surface area contributed by atoms with Crippen LogP contribution < -0.4 is 5.32 Å². The molecule has 0 saturated carbocycles. The molecule has 7 nitrogen and oxygen atoms in total. The van der Waals surface area contributed by atoms with Crippen LogP contribution in [0.1, 0.15) is 5.56 Å². The van der Waals surface area contributed by atoms with Crippen LogP contribution in [0.3, 0.4) is 0 Å². The van der Waals surface area contributed by atoms with E-state index in [0.29, 0.717) is 18.7 Å². The molecule has 0 aliphatic rings. The Labute approximate surface area is 116 Å². The zero-order valence-corrected chi connectivity index (χ0v) is 10.8. The van der Waals surface area contributed by atoms with Crippen LogP contribution in [0.4, 0.5) is 10.5 Å². The SMILES string of the molecule is C=C[CH]OCCNC(=O)OCc1ccc([N+](=O)[O-])cc1. The minimum atomic E-state index is -0.578. The quantitative estimate of drug-likeness (QED) is 0.447. The van der Waals surface area contributed by atoms with Crippen LogP contribution in [0, 0.1) is 16.7 Å². The fourth-order valence-corrected chi connectivity index (χ4v) is 1.26. The summed E-state index contributed by atoms with van der Waals surface area (Å²) in [6, 6.07) is 5.78. The highest BCUT2D eigenvalue weighted by Crippen LogP contribution is 2.12. The van der Waals surface area contributed by atoms with Gasteiger partial charge in [-0.25, -0.2) is 4.79 Å². The second-order valence-corrected chi connectivity index (χ2v) is 3.67. The van der Waals surface area contributed by atoms with Crippen molar-refractivity contribution in [3.63, 3.8) is 0 Å². The van der Waals surface area contributed by atoms with Gasteiger partial charge in [-0.05, 0) is 17.7 Å². The van der Waals surface area contributed by atoms with Crippen molar-refractivity contribution in [1.29, 1.82) is 0 Å². The normalized spacial score (nSPS) is 9.80. The average Bonchev–Trinajstić information content (AvgIpc) is 2.45. The van der Waals surface area contributed by atoms with Crippen molar-refractivity contribution in [1.82, 2.24) is 5.32 Å². The smallest absolute Gasteiger partial charge is 0.407 e. The van der Waals surface area contributed by atoms with Crippen molar-refractivity contribution in [2.24, 2.45) is 0 Å². The van der Waals surface area contributed by atoms with Crippen molar-refractivity contribution in [3.8, 4) is 0 Å². The molecular formula is C13H15N2O5. The number of hydrogen-bond donors (Lipinski definition) is 1. The van der Waals surface area contributed by atoms with E-state index in [1.54, 1.807) is 0 Å². The van der Waals surface area contributed by atoms with Crippen LogP contribution in [-0.2, 0) is 16.1 Å². The Morgan fingerprint density at radius 3 is 2.70 bits per heavy atom. The van der Waals surface area contributed by atoms with E-state index in [1.807, 2.05) is 0 Å². The van der Waals surface area contributed by atoms with Gasteiger partial charge in [0, 0.05) is 18.7 Å². The van der Waals surface area contributed by atoms with E-state index in [2.05, 4.69) is 11.9 Å². The molecule has 1 aromatic carbocycles. The Balaban J connectivity index is 2.23. The lowest BCUT2D eigenvalue weighted by molar-refractivity contribution is -0.384. The number of amides is 1. The molecule has 0 spiro atoms. The second-order valence-electron chi connectivity index (χ2n) is 3.67. The number of nitrogens with one attached hydrogen (secondary N) is 1. The van der Waals surface area contributed by atoms with Gasteiger partial charge in [-0.15, -0.1) is 6.58 Å². The Hall–Kier alpha value is -2.41. The molecule has 0 fully saturated rings. The molecule has 0 atom stereocenters. The monoisotopic (exact) mass is 279 g/mol. The number of nitro groups is 1. The summed E-state index contributed by atoms with van der Waals surface area (Å²) in [4.78, 5) is 21.3. The average molecular weight is 279 g/mol. The van der Waals surface area contributed by atoms with Crippen molar-refractivity contribution >= 4 is 11.8 Å². The van der Waals surface area contributed by atoms with Gasteiger partial charge in [-0.3, -0.25) is 10.1 Å². The van der Waals surface area contributed by atoms with E-state index < -0.39 is 11.0 Å². The number of benzene rings is 1. The Morgan fingerprint density at radius 1 is 1.40 bits per heavy atom. The summed E-state index contributed by atoms with van der Waals surface area (Å²) < 4.78 is 9.88. The van der Waals surface area contributed by atoms with Crippen molar-refractivity contribution in [2.75, 3.05) is 13.2 Å². The maximum atomic E-state index is 11.3. The van der Waals surface area contributed by atoms with Crippen molar-refractivity contribution in [3.05, 3.63) is 59.2 Å². The predicted octanol–water partition coefficient (Wildman–Crippen LogP) is 2.19. The maximum Gasteiger partial charge on any atom is 0.407 e. The third-order valence-electron chi connectivity index (χ3n) is 2.20. The Kier molecular flexibility index (Phi) is 6.77. The molecule has 1 N–H and O–H groups in total. The molecule has 1 radical (unpaired) electrons. The molecule has 0 saturated heterocycles. The molecule has 0 aromatic heterocycles. The predicted molar refractivity (Wildman–Crippen MR) is 71.7 cm³/mol. The number of hydrogen-bond acceptors (Lipinski definition) is 5. The summed E-state index contributed by atoms with van der Waals surface area (Å²) in [6.07, 6.45) is 0.915. The molecule has 7 heteroatoms. The molecule has 0 heterocycles. The fraction of sp³-hybridized carbons (Fsp3) is 0.231. The first kappa shape index (κ1) is 15.6. The molecule has 1 rings (SSSR count). The molecule has 0 aliphatic carbocycles. The largest absolute Gasteiger partial charge is 0.445 e. The first-order valence-corrected chi connectivity index (χ1v) is 5.83. The van der Waals surface area contributed by atoms with E-state index in [4.69, 9.17) is 9.47 Å². The summed E-state index contributed by atoms with van der Waals surface area (Å²) in [7, 11) is 0. The minimum absolute atomic E-state index is 0.00572. The first-order chi connectivity index (χ1) is 9.63. The second kappa shape index (κ2) is 8.65. The number of nitro benzene ring substituents is 1. The zero-order valence-electron chi connectivity index (χ0n) is 10.8. The Bertz CT molecular complexity index is 458. The van der Waals surface area contributed by atoms with Gasteiger partial charge in [0.25, 0.3) is 5.69 Å². The van der Waals surface area contributed by atoms with Gasteiger partial charge in [0.05, 0.1) is 11.5 Å². The first-order valence-electron chi connectivity index (χ1n) is 5.83. The standard InChI is InChI=1S/C13H15N2O5/c1-2-8-19-9-7-14-13(16)20-10-11-3-5-12(6-4-11)15(17)18/h2-6,8H,1,7,9-10H2,(H,14,16). The number of nitrogens with zero attached hydrogens (tertiary/aromatic N) is 1. The number of non-ortho nitro benzene ring substituents is 1. The molecule has 0 bridgehead atoms. The number of carbonyl (C=O) groups excluding carboxylic acids is 1. The number of ether oxygens (including phenoxy) is 2. The van der Waals surface area contributed by atoms with Gasteiger partial charge in [-0.1, -0.05) is 6.08 Å². The van der Waals surface area contributed by atoms with E-state index in [9.17, 15) is 14.9 Å². The maximum absolute atomic E-state index is 11.3. The van der Waals surface area contributed by atoms with Gasteiger partial charge in [-0.2, -0.15) is 0 Å². The van der Waals surface area contributed by atoms with Crippen LogP contribution in [0.25, 0.3) is 0 Å². The highest BCUT2D eigenvalue weighted by Gasteiger charge is 2.05. The van der Waals surface area contributed by atoms with E-state index in [0.717, 1.165) is 0 Å². The van der Waals surface area contributed by atoms with Gasteiger partial charge in [0.2, 0.25) is 0 Å². The lowest BCUT2D eigenvalue weighted by Gasteiger charge is -2.06. The fourth-order valence-electron chi connectivity index (χ4n) is 1.26. The highest BCUT2D eigenvalue weighted by atomic mass is 16.6. The number of alkyl carbamates (subject to hydrolysis) is 1. The van der Waals surface area contributed by atoms with Gasteiger partial charge in [0.1, 0.15) is 13.2 Å².